The van der Waals surface area contributed by atoms with E-state index in [9.17, 15) is 9.36 Å². The molecule has 8 heteroatoms. The molecule has 0 aromatic heterocycles. The Labute approximate surface area is 192 Å². The topological polar surface area (TPSA) is 61.8 Å². The second kappa shape index (κ2) is 12.3. The minimum Gasteiger partial charge on any atom is -0.410 e. The fourth-order valence-corrected chi connectivity index (χ4v) is 5.74. The van der Waals surface area contributed by atoms with Gasteiger partial charge in [0.05, 0.1) is 19.3 Å². The summed E-state index contributed by atoms with van der Waals surface area (Å²) in [5.74, 6) is -0.647. The number of ketones is 1. The van der Waals surface area contributed by atoms with Gasteiger partial charge in [0.1, 0.15) is 5.66 Å². The van der Waals surface area contributed by atoms with Gasteiger partial charge < -0.3 is 13.5 Å². The summed E-state index contributed by atoms with van der Waals surface area (Å²) >= 11 is 2.19. The molecule has 5 nitrogen and oxygen atoms in total. The number of carbonyl (C=O) groups excluding carboxylic acids is 1. The number of hydrogen-bond donors (Lipinski definition) is 0. The molecule has 0 aliphatic rings. The molecule has 0 amide bonds. The van der Waals surface area contributed by atoms with Gasteiger partial charge in [-0.3, -0.25) is 9.36 Å². The monoisotopic (exact) mass is 558 g/mol. The molecular formula is C21H40IO5PSi. The Hall–Kier alpha value is 0.207. The molecule has 0 spiro atoms. The van der Waals surface area contributed by atoms with Crippen LogP contribution in [0.3, 0.4) is 0 Å². The van der Waals surface area contributed by atoms with Crippen molar-refractivity contribution in [2.75, 3.05) is 13.2 Å². The molecule has 170 valence electrons. The normalized spacial score (nSPS) is 17.4. The smallest absolute Gasteiger partial charge is 0.340 e. The first-order valence-electron chi connectivity index (χ1n) is 10.2. The maximum absolute atomic E-state index is 13.3. The van der Waals surface area contributed by atoms with Crippen molar-refractivity contribution < 1.29 is 22.8 Å². The number of halogens is 1. The summed E-state index contributed by atoms with van der Waals surface area (Å²) in [5.41, 5.74) is 0.231. The molecule has 0 saturated heterocycles. The van der Waals surface area contributed by atoms with Crippen LogP contribution in [0.1, 0.15) is 55.4 Å². The van der Waals surface area contributed by atoms with Gasteiger partial charge >= 0.3 is 7.60 Å². The number of hydrogen-bond acceptors (Lipinski definition) is 5. The average Bonchev–Trinajstić information content (AvgIpc) is 2.62. The first kappa shape index (κ1) is 29.2. The van der Waals surface area contributed by atoms with Crippen molar-refractivity contribution in [1.82, 2.24) is 0 Å². The van der Waals surface area contributed by atoms with Gasteiger partial charge in [0.25, 0.3) is 0 Å². The quantitative estimate of drug-likeness (QED) is 0.110. The van der Waals surface area contributed by atoms with Gasteiger partial charge in [0, 0.05) is 5.92 Å². The maximum atomic E-state index is 13.3. The first-order valence-corrected chi connectivity index (χ1v) is 16.0. The minimum atomic E-state index is -3.52. The van der Waals surface area contributed by atoms with E-state index in [0.717, 1.165) is 5.57 Å². The summed E-state index contributed by atoms with van der Waals surface area (Å²) in [6.45, 7) is 20.3. The van der Waals surface area contributed by atoms with Crippen LogP contribution in [0.2, 0.25) is 18.1 Å². The second-order valence-corrected chi connectivity index (χ2v) is 16.5. The van der Waals surface area contributed by atoms with E-state index < -0.39 is 33.6 Å². The Morgan fingerprint density at radius 2 is 1.62 bits per heavy atom. The highest BCUT2D eigenvalue weighted by molar-refractivity contribution is 14.1. The van der Waals surface area contributed by atoms with Gasteiger partial charge in [-0.1, -0.05) is 62.4 Å². The van der Waals surface area contributed by atoms with Crippen molar-refractivity contribution in [3.05, 3.63) is 21.8 Å². The van der Waals surface area contributed by atoms with Crippen molar-refractivity contribution in [1.29, 1.82) is 0 Å². The summed E-state index contributed by atoms with van der Waals surface area (Å²) in [4.78, 5) is 13.3. The lowest BCUT2D eigenvalue weighted by molar-refractivity contribution is -0.124. The summed E-state index contributed by atoms with van der Waals surface area (Å²) in [5, 5.41) is 0.00750. The molecule has 0 aliphatic heterocycles. The Morgan fingerprint density at radius 3 is 2.00 bits per heavy atom. The Balaban J connectivity index is 5.89. The molecule has 0 radical (unpaired) electrons. The molecule has 0 bridgehead atoms. The fraction of sp³-hybridized carbons (Fsp3) is 0.762. The lowest BCUT2D eigenvalue weighted by atomic mass is 9.97. The first-order chi connectivity index (χ1) is 13.2. The summed E-state index contributed by atoms with van der Waals surface area (Å²) in [7, 11) is -5.64. The number of allylic oxidation sites excluding steroid dienone is 2. The van der Waals surface area contributed by atoms with Gasteiger partial charge in [0.15, 0.2) is 14.1 Å². The van der Waals surface area contributed by atoms with Crippen LogP contribution in [-0.2, 0) is 22.8 Å². The third kappa shape index (κ3) is 8.69. The standard InChI is InChI=1S/C21H40IO5PSi/c1-11-25-28(24,26-12-2)18(5)20(23)17(4)19(14-13-16(3)15-22)27-29(9,10)21(6,7)8/h13-15,17-19H,11-12H2,1-10H3/b14-13+,16-15-/t17-,18?,19+/m0/s1. The fourth-order valence-electron chi connectivity index (χ4n) is 2.43. The van der Waals surface area contributed by atoms with Crippen molar-refractivity contribution in [2.24, 2.45) is 5.92 Å². The molecule has 3 atom stereocenters. The Kier molecular flexibility index (Phi) is 12.4. The molecule has 0 aromatic carbocycles. The molecule has 1 unspecified atom stereocenters. The predicted octanol–water partition coefficient (Wildman–Crippen LogP) is 7.13. The molecule has 0 N–H and O–H groups in total. The van der Waals surface area contributed by atoms with E-state index in [1.165, 1.54) is 0 Å². The van der Waals surface area contributed by atoms with Gasteiger partial charge in [0.2, 0.25) is 0 Å². The van der Waals surface area contributed by atoms with Gasteiger partial charge in [-0.05, 0) is 55.5 Å². The largest absolute Gasteiger partial charge is 0.410 e. The lowest BCUT2D eigenvalue weighted by Gasteiger charge is -2.40. The SMILES string of the molecule is CCOP(=O)(OCC)C(C)C(=O)[C@@H](C)[C@@H](/C=C/C(C)=C\I)O[Si](C)(C)C(C)(C)C. The van der Waals surface area contributed by atoms with Crippen molar-refractivity contribution in [3.8, 4) is 0 Å². The highest BCUT2D eigenvalue weighted by Crippen LogP contribution is 2.54. The zero-order valence-electron chi connectivity index (χ0n) is 19.7. The zero-order valence-corrected chi connectivity index (χ0v) is 23.8. The molecule has 0 aromatic rings. The minimum absolute atomic E-state index is 0.00750. The van der Waals surface area contributed by atoms with E-state index in [2.05, 4.69) is 56.5 Å². The molecule has 0 saturated carbocycles. The Bertz CT molecular complexity index is 629. The molecule has 29 heavy (non-hydrogen) atoms. The highest BCUT2D eigenvalue weighted by Gasteiger charge is 2.44. The lowest BCUT2D eigenvalue weighted by Crippen LogP contribution is -2.46. The third-order valence-corrected chi connectivity index (χ3v) is 13.3. The van der Waals surface area contributed by atoms with E-state index in [1.807, 2.05) is 30.1 Å². The predicted molar refractivity (Wildman–Crippen MR) is 133 cm³/mol. The average molecular weight is 559 g/mol. The second-order valence-electron chi connectivity index (χ2n) is 8.80. The van der Waals surface area contributed by atoms with Gasteiger partial charge in [-0.2, -0.15) is 0 Å². The summed E-state index contributed by atoms with van der Waals surface area (Å²) < 4.78 is 32.5. The van der Waals surface area contributed by atoms with E-state index in [-0.39, 0.29) is 24.0 Å². The van der Waals surface area contributed by atoms with E-state index in [1.54, 1.807) is 20.8 Å². The van der Waals surface area contributed by atoms with Crippen LogP contribution < -0.4 is 0 Å². The Morgan fingerprint density at radius 1 is 1.14 bits per heavy atom. The van der Waals surface area contributed by atoms with Crippen molar-refractivity contribution in [3.63, 3.8) is 0 Å². The molecular weight excluding hydrogens is 518 g/mol. The number of rotatable bonds is 12. The third-order valence-electron chi connectivity index (χ3n) is 5.40. The van der Waals surface area contributed by atoms with Crippen LogP contribution in [0.15, 0.2) is 21.8 Å². The van der Waals surface area contributed by atoms with Crippen molar-refractivity contribution >= 4 is 44.3 Å². The van der Waals surface area contributed by atoms with Gasteiger partial charge in [-0.25, -0.2) is 0 Å². The summed E-state index contributed by atoms with van der Waals surface area (Å²) in [6, 6.07) is 0. The molecule has 0 aliphatic carbocycles. The van der Waals surface area contributed by atoms with Crippen LogP contribution in [0, 0.1) is 5.92 Å². The van der Waals surface area contributed by atoms with E-state index in [4.69, 9.17) is 13.5 Å². The van der Waals surface area contributed by atoms with Crippen LogP contribution in [0.25, 0.3) is 0 Å². The van der Waals surface area contributed by atoms with Crippen LogP contribution >= 0.6 is 30.2 Å². The van der Waals surface area contributed by atoms with E-state index >= 15 is 0 Å². The number of carbonyl (C=O) groups is 1. The zero-order chi connectivity index (χ0) is 23.0. The van der Waals surface area contributed by atoms with Crippen LogP contribution in [0.4, 0.5) is 0 Å². The van der Waals surface area contributed by atoms with Crippen LogP contribution in [-0.4, -0.2) is 39.1 Å². The van der Waals surface area contributed by atoms with Crippen molar-refractivity contribution in [2.45, 2.75) is 85.3 Å². The number of Topliss-reactive ketones (excluding diaryl/α,β-unsaturated/α-hetero) is 1. The van der Waals surface area contributed by atoms with E-state index in [0.29, 0.717) is 0 Å². The molecule has 0 heterocycles. The maximum Gasteiger partial charge on any atom is 0.340 e. The van der Waals surface area contributed by atoms with Crippen LogP contribution in [0.5, 0.6) is 0 Å². The highest BCUT2D eigenvalue weighted by atomic mass is 127. The summed E-state index contributed by atoms with van der Waals surface area (Å²) in [6.07, 6.45) is 3.52. The molecule has 0 fully saturated rings. The van der Waals surface area contributed by atoms with Gasteiger partial charge in [-0.15, -0.1) is 0 Å². The molecule has 0 rings (SSSR count).